The first-order valence-corrected chi connectivity index (χ1v) is 13.7. The van der Waals surface area contributed by atoms with Crippen LogP contribution in [-0.4, -0.2) is 51.9 Å². The average Bonchev–Trinajstić information content (AvgIpc) is 3.19. The van der Waals surface area contributed by atoms with Crippen LogP contribution in [0.4, 0.5) is 0 Å². The van der Waals surface area contributed by atoms with Gasteiger partial charge in [-0.3, -0.25) is 19.3 Å². The van der Waals surface area contributed by atoms with E-state index in [0.717, 1.165) is 27.8 Å². The van der Waals surface area contributed by atoms with E-state index in [0.29, 0.717) is 35.0 Å². The first kappa shape index (κ1) is 28.8. The van der Waals surface area contributed by atoms with Crippen LogP contribution in [0.1, 0.15) is 29.7 Å². The largest absolute Gasteiger partial charge is 0.489 e. The first-order chi connectivity index (χ1) is 19.3. The van der Waals surface area contributed by atoms with E-state index < -0.39 is 30.5 Å². The van der Waals surface area contributed by atoms with Crippen LogP contribution in [0.25, 0.3) is 6.08 Å². The summed E-state index contributed by atoms with van der Waals surface area (Å²) in [5.74, 6) is -1.18. The number of rotatable bonds is 12. The van der Waals surface area contributed by atoms with Gasteiger partial charge in [0, 0.05) is 13.3 Å². The second-order valence-corrected chi connectivity index (χ2v) is 10.4. The van der Waals surface area contributed by atoms with Crippen molar-refractivity contribution in [1.29, 1.82) is 0 Å². The number of hydrogen-bond acceptors (Lipinski definition) is 8. The minimum Gasteiger partial charge on any atom is -0.489 e. The Balaban J connectivity index is 1.62. The quantitative estimate of drug-likeness (QED) is 0.175. The average molecular weight is 578 g/mol. The summed E-state index contributed by atoms with van der Waals surface area (Å²) in [6.45, 7) is 1.22. The molecule has 1 amide bonds. The number of benzene rings is 3. The van der Waals surface area contributed by atoms with Crippen molar-refractivity contribution >= 4 is 52.2 Å². The van der Waals surface area contributed by atoms with Gasteiger partial charge in [0.1, 0.15) is 17.5 Å². The molecule has 0 spiro atoms. The zero-order valence-electron chi connectivity index (χ0n) is 21.6. The van der Waals surface area contributed by atoms with Crippen LogP contribution in [-0.2, 0) is 25.5 Å². The van der Waals surface area contributed by atoms with Gasteiger partial charge in [-0.25, -0.2) is 0 Å². The van der Waals surface area contributed by atoms with Gasteiger partial charge in [-0.2, -0.15) is 0 Å². The third kappa shape index (κ3) is 7.93. The zero-order valence-corrected chi connectivity index (χ0v) is 23.3. The van der Waals surface area contributed by atoms with Crippen molar-refractivity contribution < 1.29 is 33.7 Å². The molecule has 40 heavy (non-hydrogen) atoms. The molecule has 1 aliphatic rings. The van der Waals surface area contributed by atoms with Gasteiger partial charge in [0.2, 0.25) is 0 Å². The molecule has 1 aliphatic heterocycles. The van der Waals surface area contributed by atoms with Crippen LogP contribution in [0.5, 0.6) is 11.5 Å². The summed E-state index contributed by atoms with van der Waals surface area (Å²) in [4.78, 5) is 36.8. The maximum absolute atomic E-state index is 12.8. The number of thioether (sulfide) groups is 1. The molecule has 1 fully saturated rings. The minimum absolute atomic E-state index is 0.0130. The number of carboxylic acids is 1. The molecule has 3 aromatic rings. The topological polar surface area (TPSA) is 102 Å². The Kier molecular flexibility index (Phi) is 9.93. The van der Waals surface area contributed by atoms with Crippen molar-refractivity contribution in [3.63, 3.8) is 0 Å². The summed E-state index contributed by atoms with van der Waals surface area (Å²) in [5.41, 5.74) is 2.56. The number of carbonyl (C=O) groups excluding carboxylic acids is 2. The molecule has 3 aromatic carbocycles. The summed E-state index contributed by atoms with van der Waals surface area (Å²) in [7, 11) is 0. The smallest absolute Gasteiger partial charge is 0.323 e. The van der Waals surface area contributed by atoms with E-state index in [9.17, 15) is 14.4 Å². The van der Waals surface area contributed by atoms with Crippen LogP contribution in [0, 0.1) is 0 Å². The van der Waals surface area contributed by atoms with Gasteiger partial charge in [-0.1, -0.05) is 90.7 Å². The molecule has 1 atom stereocenters. The van der Waals surface area contributed by atoms with Gasteiger partial charge in [0.25, 0.3) is 5.91 Å². The fourth-order valence-electron chi connectivity index (χ4n) is 3.88. The molecule has 0 bridgehead atoms. The third-order valence-electron chi connectivity index (χ3n) is 5.80. The monoisotopic (exact) mass is 577 g/mol. The number of ether oxygens (including phenoxy) is 3. The predicted molar refractivity (Wildman–Crippen MR) is 156 cm³/mol. The van der Waals surface area contributed by atoms with E-state index in [1.54, 1.807) is 24.3 Å². The fourth-order valence-corrected chi connectivity index (χ4v) is 5.14. The molecular weight excluding hydrogens is 550 g/mol. The number of nitrogens with zero attached hydrogens (tertiary/aromatic N) is 1. The second-order valence-electron chi connectivity index (χ2n) is 8.77. The van der Waals surface area contributed by atoms with Gasteiger partial charge in [0.15, 0.2) is 17.6 Å². The van der Waals surface area contributed by atoms with Gasteiger partial charge in [-0.15, -0.1) is 0 Å². The highest BCUT2D eigenvalue weighted by molar-refractivity contribution is 8.26. The lowest BCUT2D eigenvalue weighted by Crippen LogP contribution is -2.33. The lowest BCUT2D eigenvalue weighted by Gasteiger charge is -2.21. The molecule has 0 saturated carbocycles. The summed E-state index contributed by atoms with van der Waals surface area (Å²) in [6, 6.07) is 24.6. The Bertz CT molecular complexity index is 1410. The maximum atomic E-state index is 12.8. The molecule has 1 heterocycles. The molecule has 206 valence electrons. The number of hydrogen-bond donors (Lipinski definition) is 1. The Hall–Kier alpha value is -4.15. The first-order valence-electron chi connectivity index (χ1n) is 12.4. The van der Waals surface area contributed by atoms with Crippen molar-refractivity contribution in [1.82, 2.24) is 4.90 Å². The molecule has 1 N–H and O–H groups in total. The number of carbonyl (C=O) groups is 3. The number of esters is 1. The van der Waals surface area contributed by atoms with E-state index in [1.165, 1.54) is 6.92 Å². The Morgan fingerprint density at radius 3 is 2.40 bits per heavy atom. The summed E-state index contributed by atoms with van der Waals surface area (Å²) < 4.78 is 17.9. The van der Waals surface area contributed by atoms with Gasteiger partial charge in [-0.05, 0) is 34.9 Å². The van der Waals surface area contributed by atoms with E-state index in [4.69, 9.17) is 31.5 Å². The van der Waals surface area contributed by atoms with Crippen molar-refractivity contribution in [2.24, 2.45) is 0 Å². The van der Waals surface area contributed by atoms with E-state index in [-0.39, 0.29) is 10.9 Å². The van der Waals surface area contributed by atoms with Crippen LogP contribution in [0.2, 0.25) is 0 Å². The Morgan fingerprint density at radius 1 is 1.02 bits per heavy atom. The van der Waals surface area contributed by atoms with E-state index in [2.05, 4.69) is 0 Å². The van der Waals surface area contributed by atoms with Crippen LogP contribution in [0.3, 0.4) is 0 Å². The van der Waals surface area contributed by atoms with E-state index >= 15 is 0 Å². The lowest BCUT2D eigenvalue weighted by molar-refractivity contribution is -0.143. The fraction of sp³-hybridized carbons (Fsp3) is 0.200. The molecule has 0 aliphatic carbocycles. The highest BCUT2D eigenvalue weighted by Crippen LogP contribution is 2.36. The van der Waals surface area contributed by atoms with Crippen molar-refractivity contribution in [3.05, 3.63) is 100 Å². The molecule has 1 saturated heterocycles. The zero-order chi connectivity index (χ0) is 28.5. The normalized spacial score (nSPS) is 14.7. The Labute approximate surface area is 241 Å². The second kappa shape index (κ2) is 13.8. The highest BCUT2D eigenvalue weighted by Gasteiger charge is 2.33. The number of carboxylic acid groups (broad SMARTS) is 1. The molecule has 8 nitrogen and oxygen atoms in total. The molecule has 10 heteroatoms. The summed E-state index contributed by atoms with van der Waals surface area (Å²) >= 11 is 6.24. The van der Waals surface area contributed by atoms with Crippen LogP contribution < -0.4 is 9.47 Å². The van der Waals surface area contributed by atoms with Crippen molar-refractivity contribution in [2.75, 3.05) is 19.8 Å². The maximum Gasteiger partial charge on any atom is 0.323 e. The molecule has 1 unspecified atom stereocenters. The number of amides is 1. The standard InChI is InChI=1S/C30H27NO7S2/c1-20(32)37-19-26(23-10-6-3-7-11-23)38-25-16-22(17-27-29(35)31(18-28(33)34)30(39)40-27)12-13-24(25)36-15-14-21-8-4-2-5-9-21/h2-13,16-17,26H,14-15,18-19H2,1H3,(H,33,34)/b27-17-. The SMILES string of the molecule is CC(=O)OCC(Oc1cc(/C=C2\SC(=S)N(CC(=O)O)C2=O)ccc1OCCc1ccccc1)c1ccccc1. The summed E-state index contributed by atoms with van der Waals surface area (Å²) in [6.07, 6.45) is 1.69. The molecular formula is C30H27NO7S2. The predicted octanol–water partition coefficient (Wildman–Crippen LogP) is 5.28. The lowest BCUT2D eigenvalue weighted by atomic mass is 10.1. The van der Waals surface area contributed by atoms with Crippen LogP contribution >= 0.6 is 24.0 Å². The molecule has 4 rings (SSSR count). The number of aliphatic carboxylic acids is 1. The third-order valence-corrected chi connectivity index (χ3v) is 7.18. The molecule has 0 radical (unpaired) electrons. The minimum atomic E-state index is -1.15. The van der Waals surface area contributed by atoms with Crippen LogP contribution in [0.15, 0.2) is 83.8 Å². The number of thiocarbonyl (C=S) groups is 1. The van der Waals surface area contributed by atoms with Crippen molar-refractivity contribution in [3.8, 4) is 11.5 Å². The van der Waals surface area contributed by atoms with E-state index in [1.807, 2.05) is 60.7 Å². The highest BCUT2D eigenvalue weighted by atomic mass is 32.2. The van der Waals surface area contributed by atoms with Gasteiger partial charge in [0.05, 0.1) is 11.5 Å². The Morgan fingerprint density at radius 2 is 1.73 bits per heavy atom. The van der Waals surface area contributed by atoms with Gasteiger partial charge < -0.3 is 19.3 Å². The van der Waals surface area contributed by atoms with Crippen molar-refractivity contribution in [2.45, 2.75) is 19.4 Å². The van der Waals surface area contributed by atoms with Gasteiger partial charge >= 0.3 is 11.9 Å². The summed E-state index contributed by atoms with van der Waals surface area (Å²) in [5, 5.41) is 9.11. The molecule has 0 aromatic heterocycles.